The lowest BCUT2D eigenvalue weighted by atomic mass is 9.84. The Kier molecular flexibility index (Phi) is 15.9. The fourth-order valence-corrected chi connectivity index (χ4v) is 10.5. The van der Waals surface area contributed by atoms with E-state index in [1.807, 2.05) is 88.5 Å². The SMILES string of the molecule is CN(CCO)CC[C@@H](CSc1ccccc1)Nc1ccc(S(=O)(=O)NC(=O)c2ccc(N3CCC(C(O)c4ccccc4-c4ccc(Cl)cc4)CC3)cc2)cc1S(=O)(=O)C(F)(F)F. The van der Waals surface area contributed by atoms with Gasteiger partial charge in [-0.2, -0.15) is 13.2 Å². The first-order valence-corrected chi connectivity index (χ1v) is 24.4. The molecule has 1 aliphatic heterocycles. The van der Waals surface area contributed by atoms with E-state index in [1.54, 1.807) is 19.2 Å². The van der Waals surface area contributed by atoms with Crippen LogP contribution in [0.15, 0.2) is 136 Å². The van der Waals surface area contributed by atoms with Crippen molar-refractivity contribution in [2.75, 3.05) is 55.8 Å². The fraction of sp³-hybridized carbons (Fsp3) is 0.311. The third kappa shape index (κ3) is 12.1. The number of thioether (sulfide) groups is 1. The number of halogens is 4. The summed E-state index contributed by atoms with van der Waals surface area (Å²) in [5.74, 6) is -0.791. The molecular formula is C45H48ClF3N4O7S3. The van der Waals surface area contributed by atoms with Crippen LogP contribution in [0, 0.1) is 5.92 Å². The second-order valence-corrected chi connectivity index (χ2v) is 20.4. The van der Waals surface area contributed by atoms with Crippen molar-refractivity contribution < 1.29 is 45.0 Å². The highest BCUT2D eigenvalue weighted by molar-refractivity contribution is 7.99. The summed E-state index contributed by atoms with van der Waals surface area (Å²) in [6.45, 7) is 1.83. The summed E-state index contributed by atoms with van der Waals surface area (Å²) in [7, 11) is -9.22. The summed E-state index contributed by atoms with van der Waals surface area (Å²) in [5.41, 5.74) is -2.84. The van der Waals surface area contributed by atoms with Gasteiger partial charge in [0.2, 0.25) is 0 Å². The molecule has 11 nitrogen and oxygen atoms in total. The number of sulfone groups is 1. The van der Waals surface area contributed by atoms with E-state index < -0.39 is 58.9 Å². The number of anilines is 2. The monoisotopic (exact) mass is 944 g/mol. The quantitative estimate of drug-likeness (QED) is 0.0628. The number of carbonyl (C=O) groups excluding carboxylic acids is 1. The number of rotatable bonds is 18. The van der Waals surface area contributed by atoms with Crippen molar-refractivity contribution in [1.29, 1.82) is 0 Å². The summed E-state index contributed by atoms with van der Waals surface area (Å²) in [6, 6.07) is 32.2. The Bertz CT molecular complexity index is 2550. The molecule has 63 heavy (non-hydrogen) atoms. The Morgan fingerprint density at radius 2 is 1.54 bits per heavy atom. The minimum Gasteiger partial charge on any atom is -0.395 e. The van der Waals surface area contributed by atoms with Gasteiger partial charge in [-0.05, 0) is 122 Å². The van der Waals surface area contributed by atoms with Crippen molar-refractivity contribution in [3.63, 3.8) is 0 Å². The molecule has 1 unspecified atom stereocenters. The van der Waals surface area contributed by atoms with Crippen molar-refractivity contribution in [2.24, 2.45) is 5.92 Å². The van der Waals surface area contributed by atoms with Gasteiger partial charge in [-0.15, -0.1) is 11.8 Å². The van der Waals surface area contributed by atoms with Crippen molar-refractivity contribution in [3.8, 4) is 11.1 Å². The molecule has 0 bridgehead atoms. The molecule has 1 aliphatic rings. The number of nitrogens with one attached hydrogen (secondary N) is 2. The zero-order valence-corrected chi connectivity index (χ0v) is 37.4. The molecule has 18 heteroatoms. The molecule has 0 aliphatic carbocycles. The lowest BCUT2D eigenvalue weighted by Gasteiger charge is -2.36. The molecule has 336 valence electrons. The maximum Gasteiger partial charge on any atom is 0.501 e. The van der Waals surface area contributed by atoms with Crippen molar-refractivity contribution >= 4 is 60.5 Å². The number of nitrogens with zero attached hydrogens (tertiary/aromatic N) is 2. The highest BCUT2D eigenvalue weighted by atomic mass is 35.5. The maximum absolute atomic E-state index is 14.1. The molecule has 0 saturated carbocycles. The van der Waals surface area contributed by atoms with Crippen LogP contribution in [0.3, 0.4) is 0 Å². The van der Waals surface area contributed by atoms with Gasteiger partial charge in [0.15, 0.2) is 0 Å². The number of hydrogen-bond donors (Lipinski definition) is 4. The average molecular weight is 946 g/mol. The van der Waals surface area contributed by atoms with E-state index in [1.165, 1.54) is 23.9 Å². The van der Waals surface area contributed by atoms with Gasteiger partial charge in [-0.3, -0.25) is 4.79 Å². The number of alkyl halides is 3. The Morgan fingerprint density at radius 1 is 0.889 bits per heavy atom. The second-order valence-electron chi connectivity index (χ2n) is 15.2. The van der Waals surface area contributed by atoms with Crippen LogP contribution in [0.5, 0.6) is 0 Å². The first-order valence-electron chi connectivity index (χ1n) is 20.1. The molecule has 2 atom stereocenters. The predicted molar refractivity (Wildman–Crippen MR) is 241 cm³/mol. The normalized spacial score (nSPS) is 15.0. The van der Waals surface area contributed by atoms with E-state index in [0.29, 0.717) is 62.3 Å². The third-order valence-corrected chi connectivity index (χ3v) is 15.2. The van der Waals surface area contributed by atoms with Crippen molar-refractivity contribution in [2.45, 2.75) is 51.6 Å². The third-order valence-electron chi connectivity index (χ3n) is 10.9. The Labute approximate surface area is 375 Å². The molecule has 4 N–H and O–H groups in total. The molecule has 0 radical (unpaired) electrons. The minimum absolute atomic E-state index is 0.0223. The van der Waals surface area contributed by atoms with Crippen LogP contribution in [0.1, 0.15) is 41.3 Å². The molecule has 5 aromatic carbocycles. The summed E-state index contributed by atoms with van der Waals surface area (Å²) in [4.78, 5) is 15.9. The number of carbonyl (C=O) groups is 1. The van der Waals surface area contributed by atoms with E-state index in [9.17, 15) is 45.0 Å². The molecular weight excluding hydrogens is 897 g/mol. The summed E-state index contributed by atoms with van der Waals surface area (Å²) >= 11 is 7.48. The van der Waals surface area contributed by atoms with Crippen molar-refractivity contribution in [3.05, 3.63) is 137 Å². The molecule has 1 amide bonds. The summed E-state index contributed by atoms with van der Waals surface area (Å²) in [6.07, 6.45) is 0.970. The highest BCUT2D eigenvalue weighted by Crippen LogP contribution is 2.39. The average Bonchev–Trinajstić information content (AvgIpc) is 3.27. The van der Waals surface area contributed by atoms with Crippen LogP contribution in [-0.4, -0.2) is 95.0 Å². The zero-order valence-electron chi connectivity index (χ0n) is 34.2. The first-order chi connectivity index (χ1) is 30.0. The van der Waals surface area contributed by atoms with Gasteiger partial charge in [-0.1, -0.05) is 66.2 Å². The Morgan fingerprint density at radius 3 is 2.19 bits per heavy atom. The Hall–Kier alpha value is -4.62. The largest absolute Gasteiger partial charge is 0.501 e. The summed E-state index contributed by atoms with van der Waals surface area (Å²) in [5, 5.41) is 24.3. The number of piperidine rings is 1. The van der Waals surface area contributed by atoms with Crippen LogP contribution in [0.25, 0.3) is 11.1 Å². The van der Waals surface area contributed by atoms with Gasteiger partial charge >= 0.3 is 5.51 Å². The number of likely N-dealkylation sites (N-methyl/N-ethyl adjacent to an activating group) is 1. The van der Waals surface area contributed by atoms with E-state index >= 15 is 0 Å². The molecule has 1 saturated heterocycles. The zero-order chi connectivity index (χ0) is 45.4. The number of aliphatic hydroxyl groups is 2. The van der Waals surface area contributed by atoms with E-state index in [2.05, 4.69) is 10.2 Å². The standard InChI is InChI=1S/C45H48ClF3N4O7S3/c1-52(27-28-54)24-23-35(30-61-37-7-3-2-4-8-37)50-41-20-19-38(29-42(41)62(57,58)45(47,48)49)63(59,60)51-44(56)33-13-17-36(18-14-33)53-25-21-32(22-26-53)43(55)40-10-6-5-9-39(40)31-11-15-34(46)16-12-31/h2-20,29,32,35,43,50,54-55H,21-28,30H2,1H3,(H,51,56)/t35-,43?/m0/s1. The van der Waals surface area contributed by atoms with E-state index in [4.69, 9.17) is 11.6 Å². The van der Waals surface area contributed by atoms with Crippen LogP contribution in [0.2, 0.25) is 5.02 Å². The van der Waals surface area contributed by atoms with Gasteiger partial charge in [0.05, 0.1) is 23.3 Å². The van der Waals surface area contributed by atoms with Gasteiger partial charge in [-0.25, -0.2) is 21.6 Å². The van der Waals surface area contributed by atoms with Gasteiger partial charge in [0, 0.05) is 52.6 Å². The topological polar surface area (TPSA) is 156 Å². The molecule has 1 heterocycles. The van der Waals surface area contributed by atoms with E-state index in [-0.39, 0.29) is 18.1 Å². The predicted octanol–water partition coefficient (Wildman–Crippen LogP) is 8.26. The first kappa shape index (κ1) is 47.8. The smallest absolute Gasteiger partial charge is 0.395 e. The molecule has 0 spiro atoms. The highest BCUT2D eigenvalue weighted by Gasteiger charge is 2.48. The van der Waals surface area contributed by atoms with Gasteiger partial charge in [0.25, 0.3) is 25.8 Å². The molecule has 5 aromatic rings. The second kappa shape index (κ2) is 20.9. The van der Waals surface area contributed by atoms with E-state index in [0.717, 1.165) is 39.4 Å². The van der Waals surface area contributed by atoms with Crippen LogP contribution in [0.4, 0.5) is 24.5 Å². The number of aliphatic hydroxyl groups excluding tert-OH is 2. The summed E-state index contributed by atoms with van der Waals surface area (Å²) < 4.78 is 97.1. The van der Waals surface area contributed by atoms with Gasteiger partial charge < -0.3 is 25.3 Å². The number of sulfonamides is 1. The number of hydrogen-bond acceptors (Lipinski definition) is 11. The Balaban J connectivity index is 1.14. The molecule has 0 aromatic heterocycles. The minimum atomic E-state index is -6.09. The lowest BCUT2D eigenvalue weighted by molar-refractivity contribution is -0.0435. The number of amides is 1. The molecule has 6 rings (SSSR count). The van der Waals surface area contributed by atoms with Crippen LogP contribution in [-0.2, 0) is 19.9 Å². The van der Waals surface area contributed by atoms with Crippen molar-refractivity contribution in [1.82, 2.24) is 9.62 Å². The van der Waals surface area contributed by atoms with Crippen LogP contribution < -0.4 is 14.9 Å². The molecule has 1 fully saturated rings. The van der Waals surface area contributed by atoms with Gasteiger partial charge in [0.1, 0.15) is 4.90 Å². The number of benzene rings is 5. The maximum atomic E-state index is 14.1. The fourth-order valence-electron chi connectivity index (χ4n) is 7.36. The lowest BCUT2D eigenvalue weighted by Crippen LogP contribution is -2.36. The van der Waals surface area contributed by atoms with Crippen LogP contribution >= 0.6 is 23.4 Å².